The molecule has 3 aliphatic heterocycles. The monoisotopic (exact) mass is 1160 g/mol. The second kappa shape index (κ2) is 33.5. The van der Waals surface area contributed by atoms with E-state index in [-0.39, 0.29) is 12.2 Å². The average Bonchev–Trinajstić information content (AvgIpc) is 2.20. The molecule has 440 valence electrons. The Balaban J connectivity index is 0.000000133. The van der Waals surface area contributed by atoms with Gasteiger partial charge in [-0.15, -0.1) is 0 Å². The van der Waals surface area contributed by atoms with Crippen LogP contribution in [0.4, 0.5) is 39.9 Å². The van der Waals surface area contributed by atoms with Gasteiger partial charge in [-0.3, -0.25) is 34.9 Å². The molecule has 3 aliphatic rings. The molecule has 0 radical (unpaired) electrons. The third-order valence-corrected chi connectivity index (χ3v) is 13.0. The van der Waals surface area contributed by atoms with Gasteiger partial charge in [0.1, 0.15) is 5.69 Å². The molecule has 0 aliphatic carbocycles. The van der Waals surface area contributed by atoms with Crippen LogP contribution in [0, 0.1) is 0 Å². The van der Waals surface area contributed by atoms with Gasteiger partial charge in [0.25, 0.3) is 0 Å². The summed E-state index contributed by atoms with van der Waals surface area (Å²) < 4.78 is 0. The number of hydrogen-bond donors (Lipinski definition) is 2. The second-order valence-electron chi connectivity index (χ2n) is 19.9. The molecule has 2 N–H and O–H groups in total. The minimum absolute atomic E-state index is 0.375. The summed E-state index contributed by atoms with van der Waals surface area (Å²) in [7, 11) is 6.25. The fourth-order valence-corrected chi connectivity index (χ4v) is 8.96. The number of aromatic nitrogens is 10. The van der Waals surface area contributed by atoms with Gasteiger partial charge in [-0.1, -0.05) is 84.9 Å². The van der Waals surface area contributed by atoms with E-state index in [1.807, 2.05) is 110 Å². The van der Waals surface area contributed by atoms with Gasteiger partial charge in [0.15, 0.2) is 11.6 Å². The van der Waals surface area contributed by atoms with Crippen LogP contribution in [0.1, 0.15) is 20.3 Å². The molecule has 87 heavy (non-hydrogen) atoms. The fourth-order valence-electron chi connectivity index (χ4n) is 8.96. The van der Waals surface area contributed by atoms with Crippen molar-refractivity contribution < 1.29 is 10.2 Å². The lowest BCUT2D eigenvalue weighted by atomic mass is 10.1. The van der Waals surface area contributed by atoms with Crippen molar-refractivity contribution in [2.45, 2.75) is 32.5 Å². The van der Waals surface area contributed by atoms with Crippen LogP contribution < -0.4 is 24.5 Å². The van der Waals surface area contributed by atoms with Gasteiger partial charge in [0, 0.05) is 119 Å². The number of anilines is 7. The molecule has 0 bridgehead atoms. The first-order valence-electron chi connectivity index (χ1n) is 28.3. The lowest BCUT2D eigenvalue weighted by Gasteiger charge is -2.19. The predicted molar refractivity (Wildman–Crippen MR) is 349 cm³/mol. The first kappa shape index (κ1) is 62.2. The van der Waals surface area contributed by atoms with Crippen LogP contribution in [0.5, 0.6) is 0 Å². The Bertz CT molecular complexity index is 3280. The summed E-state index contributed by atoms with van der Waals surface area (Å²) in [5, 5.41) is 17.1. The quantitative estimate of drug-likeness (QED) is 0.146. The van der Waals surface area contributed by atoms with Gasteiger partial charge >= 0.3 is 0 Å². The smallest absolute Gasteiger partial charge is 0.178 e. The normalized spacial score (nSPS) is 12.9. The molecule has 11 aromatic rings. The molecule has 18 heteroatoms. The third kappa shape index (κ3) is 19.4. The highest BCUT2D eigenvalue weighted by Crippen LogP contribution is 2.40. The maximum atomic E-state index is 8.56. The summed E-state index contributed by atoms with van der Waals surface area (Å²) in [6.45, 7) is 5.96. The summed E-state index contributed by atoms with van der Waals surface area (Å²) in [6, 6.07) is 58.9. The number of aliphatic hydroxyl groups is 2. The number of nitrogens with zero attached hydrogens (tertiary/aromatic N) is 16. The van der Waals surface area contributed by atoms with E-state index in [9.17, 15) is 0 Å². The van der Waals surface area contributed by atoms with E-state index in [1.165, 1.54) is 28.4 Å². The van der Waals surface area contributed by atoms with Crippen molar-refractivity contribution in [1.82, 2.24) is 54.7 Å². The van der Waals surface area contributed by atoms with E-state index < -0.39 is 0 Å². The first-order chi connectivity index (χ1) is 42.6. The van der Waals surface area contributed by atoms with E-state index in [4.69, 9.17) is 10.2 Å². The molecule has 4 aromatic carbocycles. The van der Waals surface area contributed by atoms with Crippen LogP contribution in [0.15, 0.2) is 275 Å². The summed E-state index contributed by atoms with van der Waals surface area (Å²) in [5.41, 5.74) is 12.3. The predicted octanol–water partition coefficient (Wildman–Crippen LogP) is 12.5. The summed E-state index contributed by atoms with van der Waals surface area (Å²) in [5.74, 6) is 1.55. The van der Waals surface area contributed by atoms with Gasteiger partial charge in [-0.2, -0.15) is 0 Å². The van der Waals surface area contributed by atoms with Crippen molar-refractivity contribution in [3.8, 4) is 34.0 Å². The molecule has 14 rings (SSSR count). The summed E-state index contributed by atoms with van der Waals surface area (Å²) in [6.07, 6.45) is 28.0. The van der Waals surface area contributed by atoms with Crippen molar-refractivity contribution in [3.05, 3.63) is 275 Å². The van der Waals surface area contributed by atoms with E-state index in [1.54, 1.807) is 94.3 Å². The number of hydrogen-bond acceptors (Lipinski definition) is 18. The highest BCUT2D eigenvalue weighted by Gasteiger charge is 2.24. The minimum Gasteiger partial charge on any atom is -0.393 e. The van der Waals surface area contributed by atoms with Crippen molar-refractivity contribution in [1.29, 1.82) is 0 Å². The van der Waals surface area contributed by atoms with E-state index >= 15 is 0 Å². The van der Waals surface area contributed by atoms with Crippen LogP contribution in [-0.2, 0) is 0 Å². The molecule has 0 saturated carbocycles. The maximum Gasteiger partial charge on any atom is 0.178 e. The molecule has 0 saturated heterocycles. The van der Waals surface area contributed by atoms with Crippen LogP contribution in [0.25, 0.3) is 34.0 Å². The van der Waals surface area contributed by atoms with Crippen molar-refractivity contribution in [2.24, 2.45) is 0 Å². The highest BCUT2D eigenvalue weighted by atomic mass is 16.3. The van der Waals surface area contributed by atoms with Crippen LogP contribution in [-0.4, -0.2) is 118 Å². The molecule has 18 nitrogen and oxygen atoms in total. The lowest BCUT2D eigenvalue weighted by molar-refractivity contribution is 0.102. The largest absolute Gasteiger partial charge is 0.393 e. The Labute approximate surface area is 509 Å². The summed E-state index contributed by atoms with van der Waals surface area (Å²) >= 11 is 0. The SMILES string of the molecule is CC(O)CC(C)O.CN1C=CN(c2cnccn2)C1.CN1CN(c2ccccc2)c2ccccc21.CN1CN(c2cccnc2)c2ccccc21.c1ccc(-c2ccccn2)cc1.c1ccc(-c2ncccn2)nc1.c1cncc(-c2cnccn2)c1. The maximum absolute atomic E-state index is 8.56. The number of benzene rings is 4. The fraction of sp³-hybridized carbons (Fsp3) is 0.159. The number of rotatable bonds is 8. The van der Waals surface area contributed by atoms with Gasteiger partial charge in [-0.25, -0.2) is 15.0 Å². The number of aliphatic hydroxyl groups excluding tert-OH is 2. The minimum atomic E-state index is -0.375. The molecule has 0 amide bonds. The van der Waals surface area contributed by atoms with Crippen molar-refractivity contribution in [3.63, 3.8) is 0 Å². The number of pyridine rings is 4. The zero-order valence-electron chi connectivity index (χ0n) is 49.5. The zero-order valence-corrected chi connectivity index (χ0v) is 49.5. The molecular weight excluding hydrogens is 1080 g/mol. The molecule has 2 unspecified atom stereocenters. The van der Waals surface area contributed by atoms with Gasteiger partial charge in [0.05, 0.1) is 90.6 Å². The Morgan fingerprint density at radius 1 is 0.368 bits per heavy atom. The van der Waals surface area contributed by atoms with Gasteiger partial charge in [0.2, 0.25) is 0 Å². The number of fused-ring (bicyclic) bond motifs is 2. The molecular formula is C69H72N16O2. The molecule has 2 atom stereocenters. The Kier molecular flexibility index (Phi) is 23.9. The van der Waals surface area contributed by atoms with E-state index in [0.717, 1.165) is 59.7 Å². The third-order valence-electron chi connectivity index (χ3n) is 13.0. The molecule has 10 heterocycles. The van der Waals surface area contributed by atoms with Crippen LogP contribution in [0.3, 0.4) is 0 Å². The van der Waals surface area contributed by atoms with Gasteiger partial charge < -0.3 is 39.6 Å². The second-order valence-corrected chi connectivity index (χ2v) is 19.9. The number of para-hydroxylation sites is 5. The van der Waals surface area contributed by atoms with Gasteiger partial charge in [-0.05, 0) is 111 Å². The van der Waals surface area contributed by atoms with Crippen LogP contribution >= 0.6 is 0 Å². The Morgan fingerprint density at radius 3 is 1.34 bits per heavy atom. The lowest BCUT2D eigenvalue weighted by Crippen LogP contribution is -2.23. The average molecular weight is 1160 g/mol. The molecule has 7 aromatic heterocycles. The van der Waals surface area contributed by atoms with E-state index in [2.05, 4.69) is 185 Å². The highest BCUT2D eigenvalue weighted by molar-refractivity contribution is 5.83. The standard InChI is InChI=1S/C14H14N2.C13H13N3.C11H9N.2C9H7N3.C8H10N4.C5H12O2/c1-15-11-16(12-7-3-2-4-8-12)14-10-6-5-9-13(14)15;1-15-10-16(11-5-4-8-14-9-11)13-7-3-2-6-12(13)15;1-2-6-10(7-3-1)11-8-4-5-9-12-11;1-2-5-10-8(4-1)9-11-6-3-7-12-9;1-2-8(6-10-3-1)9-7-11-4-5-12-9;1-11-4-5-12(7-11)8-6-9-2-3-10-8;1-4(6)3-5(2)7/h2-10H,11H2,1H3;2-9H,10H2,1H3;1-9H;2*1-7H;2-6H,7H2,1H3;4-7H,3H2,1-2H3. The summed E-state index contributed by atoms with van der Waals surface area (Å²) in [4.78, 5) is 54.2. The Hall–Kier alpha value is -10.8. The van der Waals surface area contributed by atoms with Crippen molar-refractivity contribution >= 4 is 39.9 Å². The topological polar surface area (TPSA) is 189 Å². The first-order valence-corrected chi connectivity index (χ1v) is 28.3. The Morgan fingerprint density at radius 2 is 0.851 bits per heavy atom. The molecule has 0 fully saturated rings. The van der Waals surface area contributed by atoms with Crippen LogP contribution in [0.2, 0.25) is 0 Å². The molecule has 0 spiro atoms. The van der Waals surface area contributed by atoms with Crippen molar-refractivity contribution in [2.75, 3.05) is 65.6 Å². The van der Waals surface area contributed by atoms with E-state index in [0.29, 0.717) is 12.2 Å². The zero-order chi connectivity index (χ0) is 60.8.